The molecule has 0 saturated heterocycles. The van der Waals surface area contributed by atoms with Gasteiger partial charge in [0.2, 0.25) is 11.8 Å². The van der Waals surface area contributed by atoms with Crippen molar-refractivity contribution < 1.29 is 27.4 Å². The minimum atomic E-state index is -4.75. The number of ether oxygens (including phenoxy) is 1. The summed E-state index contributed by atoms with van der Waals surface area (Å²) in [6.45, 7) is 1.64. The summed E-state index contributed by atoms with van der Waals surface area (Å²) < 4.78 is 59.2. The Labute approximate surface area is 151 Å². The van der Waals surface area contributed by atoms with E-state index in [1.54, 1.807) is 31.2 Å². The number of benzene rings is 1. The van der Waals surface area contributed by atoms with E-state index in [2.05, 4.69) is 4.98 Å². The lowest BCUT2D eigenvalue weighted by molar-refractivity contribution is -0.171. The summed E-state index contributed by atoms with van der Waals surface area (Å²) in [5.74, 6) is -2.74. The van der Waals surface area contributed by atoms with Crippen molar-refractivity contribution in [1.82, 2.24) is 9.55 Å². The summed E-state index contributed by atoms with van der Waals surface area (Å²) in [4.78, 5) is 17.1. The first-order valence-corrected chi connectivity index (χ1v) is 8.13. The molecular formula is C17H17F4N3O3. The SMILES string of the molecule is COc1ccc(C(C)N2CCC(C(F)(F)F)n3c2nc(O)c(F)c3=O)cc1. The fourth-order valence-electron chi connectivity index (χ4n) is 3.20. The summed E-state index contributed by atoms with van der Waals surface area (Å²) in [6, 6.07) is 4.15. The molecule has 0 radical (unpaired) electrons. The van der Waals surface area contributed by atoms with Gasteiger partial charge in [0.1, 0.15) is 11.8 Å². The van der Waals surface area contributed by atoms with Crippen molar-refractivity contribution in [1.29, 1.82) is 0 Å². The molecule has 0 aliphatic carbocycles. The van der Waals surface area contributed by atoms with Gasteiger partial charge in [-0.05, 0) is 31.0 Å². The highest BCUT2D eigenvalue weighted by atomic mass is 19.4. The lowest BCUT2D eigenvalue weighted by Crippen LogP contribution is -2.47. The fraction of sp³-hybridized carbons (Fsp3) is 0.412. The van der Waals surface area contributed by atoms with Gasteiger partial charge in [0.05, 0.1) is 13.2 Å². The zero-order chi connectivity index (χ0) is 19.9. The van der Waals surface area contributed by atoms with Crippen molar-refractivity contribution in [2.45, 2.75) is 31.6 Å². The molecule has 1 aromatic carbocycles. The zero-order valence-corrected chi connectivity index (χ0v) is 14.5. The third-order valence-corrected chi connectivity index (χ3v) is 4.68. The number of aromatic hydroxyl groups is 1. The van der Waals surface area contributed by atoms with Crippen LogP contribution < -0.4 is 15.2 Å². The highest BCUT2D eigenvalue weighted by Crippen LogP contribution is 2.40. The molecule has 27 heavy (non-hydrogen) atoms. The number of halogens is 4. The molecule has 3 rings (SSSR count). The molecule has 0 amide bonds. The molecule has 2 aromatic rings. The number of hydrogen-bond acceptors (Lipinski definition) is 5. The molecule has 1 aromatic heterocycles. The average molecular weight is 387 g/mol. The van der Waals surface area contributed by atoms with E-state index in [0.717, 1.165) is 5.56 Å². The Kier molecular flexibility index (Phi) is 4.75. The Hall–Kier alpha value is -2.78. The van der Waals surface area contributed by atoms with Gasteiger partial charge in [-0.2, -0.15) is 22.5 Å². The summed E-state index contributed by atoms with van der Waals surface area (Å²) in [6.07, 6.45) is -5.19. The van der Waals surface area contributed by atoms with E-state index < -0.39 is 47.9 Å². The van der Waals surface area contributed by atoms with Crippen molar-refractivity contribution in [2.75, 3.05) is 18.6 Å². The Morgan fingerprint density at radius 2 is 1.93 bits per heavy atom. The molecule has 1 aliphatic heterocycles. The van der Waals surface area contributed by atoms with Gasteiger partial charge in [0, 0.05) is 6.54 Å². The molecule has 10 heteroatoms. The van der Waals surface area contributed by atoms with Crippen LogP contribution >= 0.6 is 0 Å². The van der Waals surface area contributed by atoms with Gasteiger partial charge in [0.15, 0.2) is 0 Å². The second-order valence-electron chi connectivity index (χ2n) is 6.21. The number of hydrogen-bond donors (Lipinski definition) is 1. The molecule has 0 bridgehead atoms. The van der Waals surface area contributed by atoms with Crippen molar-refractivity contribution >= 4 is 5.95 Å². The Balaban J connectivity index is 2.10. The largest absolute Gasteiger partial charge is 0.497 e. The second kappa shape index (κ2) is 6.75. The molecule has 1 aliphatic rings. The van der Waals surface area contributed by atoms with Crippen LogP contribution in [0.1, 0.15) is 31.0 Å². The smallest absolute Gasteiger partial charge is 0.409 e. The van der Waals surface area contributed by atoms with Crippen LogP contribution in [-0.4, -0.2) is 34.5 Å². The quantitative estimate of drug-likeness (QED) is 0.820. The topological polar surface area (TPSA) is 67.6 Å². The first-order chi connectivity index (χ1) is 12.6. The van der Waals surface area contributed by atoms with Gasteiger partial charge in [0.25, 0.3) is 11.4 Å². The molecule has 1 N–H and O–H groups in total. The summed E-state index contributed by atoms with van der Waals surface area (Å²) in [7, 11) is 1.50. The summed E-state index contributed by atoms with van der Waals surface area (Å²) in [5, 5.41) is 9.56. The van der Waals surface area contributed by atoms with Crippen LogP contribution in [0.2, 0.25) is 0 Å². The average Bonchev–Trinajstić information content (AvgIpc) is 2.64. The van der Waals surface area contributed by atoms with Crippen molar-refractivity contribution in [2.24, 2.45) is 0 Å². The molecule has 0 spiro atoms. The first kappa shape index (κ1) is 19.0. The van der Waals surface area contributed by atoms with Gasteiger partial charge >= 0.3 is 6.18 Å². The van der Waals surface area contributed by atoms with Gasteiger partial charge < -0.3 is 14.7 Å². The van der Waals surface area contributed by atoms with E-state index in [4.69, 9.17) is 4.74 Å². The van der Waals surface area contributed by atoms with E-state index in [-0.39, 0.29) is 11.1 Å². The number of anilines is 1. The van der Waals surface area contributed by atoms with Gasteiger partial charge in [-0.1, -0.05) is 12.1 Å². The monoisotopic (exact) mass is 387 g/mol. The third kappa shape index (κ3) is 3.31. The molecule has 0 fully saturated rings. The van der Waals surface area contributed by atoms with Gasteiger partial charge in [-0.25, -0.2) is 0 Å². The number of aromatic nitrogens is 2. The molecule has 2 unspecified atom stereocenters. The zero-order valence-electron chi connectivity index (χ0n) is 14.5. The first-order valence-electron chi connectivity index (χ1n) is 8.13. The molecular weight excluding hydrogens is 370 g/mol. The van der Waals surface area contributed by atoms with Crippen LogP contribution in [0.3, 0.4) is 0 Å². The van der Waals surface area contributed by atoms with Gasteiger partial charge in [-0.15, -0.1) is 0 Å². The Bertz CT molecular complexity index is 896. The van der Waals surface area contributed by atoms with Crippen LogP contribution in [0.4, 0.5) is 23.5 Å². The normalized spacial score (nSPS) is 18.1. The van der Waals surface area contributed by atoms with Crippen molar-refractivity contribution in [3.8, 4) is 11.6 Å². The maximum atomic E-state index is 13.8. The molecule has 6 nitrogen and oxygen atoms in total. The lowest BCUT2D eigenvalue weighted by atomic mass is 10.0. The Morgan fingerprint density at radius 3 is 2.48 bits per heavy atom. The van der Waals surface area contributed by atoms with Crippen LogP contribution in [0.5, 0.6) is 11.6 Å². The second-order valence-corrected chi connectivity index (χ2v) is 6.21. The van der Waals surface area contributed by atoms with Crippen LogP contribution in [0.15, 0.2) is 29.1 Å². The minimum Gasteiger partial charge on any atom is -0.497 e. The van der Waals surface area contributed by atoms with Crippen LogP contribution in [0.25, 0.3) is 0 Å². The predicted octanol–water partition coefficient (Wildman–Crippen LogP) is 3.17. The number of methoxy groups -OCH3 is 1. The maximum Gasteiger partial charge on any atom is 0.409 e. The van der Waals surface area contributed by atoms with Gasteiger partial charge in [-0.3, -0.25) is 9.36 Å². The summed E-state index contributed by atoms with van der Waals surface area (Å²) in [5.41, 5.74) is -0.822. The van der Waals surface area contributed by atoms with Crippen LogP contribution in [-0.2, 0) is 0 Å². The minimum absolute atomic E-state index is 0.0745. The van der Waals surface area contributed by atoms with E-state index in [9.17, 15) is 27.5 Å². The molecule has 2 atom stereocenters. The predicted molar refractivity (Wildman–Crippen MR) is 88.6 cm³/mol. The van der Waals surface area contributed by atoms with Crippen molar-refractivity contribution in [3.05, 3.63) is 46.0 Å². The van der Waals surface area contributed by atoms with E-state index in [1.165, 1.54) is 12.0 Å². The van der Waals surface area contributed by atoms with Crippen molar-refractivity contribution in [3.63, 3.8) is 0 Å². The van der Waals surface area contributed by atoms with Crippen LogP contribution in [0, 0.1) is 5.82 Å². The maximum absolute atomic E-state index is 13.8. The standard InChI is InChI=1S/C17H17F4N3O3/c1-9(10-3-5-11(27-2)6-4-10)23-8-7-12(17(19,20)21)24-15(26)13(18)14(25)22-16(23)24/h3-6,9,12,25H,7-8H2,1-2H3. The van der Waals surface area contributed by atoms with E-state index >= 15 is 0 Å². The Morgan fingerprint density at radius 1 is 1.30 bits per heavy atom. The summed E-state index contributed by atoms with van der Waals surface area (Å²) >= 11 is 0. The number of alkyl halides is 3. The number of fused-ring (bicyclic) bond motifs is 1. The third-order valence-electron chi connectivity index (χ3n) is 4.68. The number of rotatable bonds is 3. The lowest BCUT2D eigenvalue weighted by Gasteiger charge is -2.39. The van der Waals surface area contributed by atoms with E-state index in [1.807, 2.05) is 0 Å². The molecule has 146 valence electrons. The highest BCUT2D eigenvalue weighted by molar-refractivity contribution is 5.42. The fourth-order valence-corrected chi connectivity index (χ4v) is 3.20. The highest BCUT2D eigenvalue weighted by Gasteiger charge is 2.47. The number of nitrogens with zero attached hydrogens (tertiary/aromatic N) is 3. The van der Waals surface area contributed by atoms with E-state index in [0.29, 0.717) is 5.75 Å². The molecule has 0 saturated carbocycles. The molecule has 2 heterocycles.